The summed E-state index contributed by atoms with van der Waals surface area (Å²) in [4.78, 5) is 14.5. The molecule has 0 saturated carbocycles. The van der Waals surface area contributed by atoms with Gasteiger partial charge in [-0.05, 0) is 35.4 Å². The van der Waals surface area contributed by atoms with Gasteiger partial charge in [-0.25, -0.2) is 5.09 Å². The van der Waals surface area contributed by atoms with Crippen LogP contribution in [0.25, 0.3) is 0 Å². The van der Waals surface area contributed by atoms with E-state index in [2.05, 4.69) is 5.09 Å². The number of hydrogen-bond acceptors (Lipinski definition) is 3. The second-order valence-electron chi connectivity index (χ2n) is 9.01. The Morgan fingerprint density at radius 2 is 1.19 bits per heavy atom. The van der Waals surface area contributed by atoms with Gasteiger partial charge in [0.2, 0.25) is 13.2 Å². The zero-order valence-corrected chi connectivity index (χ0v) is 21.4. The molecule has 0 spiro atoms. The average molecular weight is 499 g/mol. The molecule has 0 aliphatic rings. The molecule has 2 N–H and O–H groups in total. The predicted octanol–water partition coefficient (Wildman–Crippen LogP) is 4.61. The summed E-state index contributed by atoms with van der Waals surface area (Å²) in [6, 6.07) is 36.1. The van der Waals surface area contributed by atoms with Crippen LogP contribution >= 0.6 is 7.29 Å². The van der Waals surface area contributed by atoms with Crippen LogP contribution in [0.15, 0.2) is 121 Å². The lowest BCUT2D eigenvalue weighted by Crippen LogP contribution is -2.46. The smallest absolute Gasteiger partial charge is 0.225 e. The third-order valence-corrected chi connectivity index (χ3v) is 9.03. The standard InChI is InChI=1S/C30H31N2O3P/c1-32(2)28(33)23-30(34,25-17-9-4-10-18-25)29(24-15-7-3-8-16-24)31-36(35,26-19-11-5-12-20-26)27-21-13-6-14-22-27/h3-22,29,34H,23H2,1-2H3,(H,31,35)/t29-,30+/m0/s1. The van der Waals surface area contributed by atoms with E-state index in [4.69, 9.17) is 0 Å². The van der Waals surface area contributed by atoms with Crippen LogP contribution in [-0.2, 0) is 15.0 Å². The van der Waals surface area contributed by atoms with Crippen LogP contribution in [0.3, 0.4) is 0 Å². The minimum Gasteiger partial charge on any atom is -0.383 e. The summed E-state index contributed by atoms with van der Waals surface area (Å²) in [7, 11) is -0.136. The zero-order valence-electron chi connectivity index (χ0n) is 20.5. The fourth-order valence-electron chi connectivity index (χ4n) is 4.34. The molecule has 0 bridgehead atoms. The molecule has 0 unspecified atom stereocenters. The van der Waals surface area contributed by atoms with Gasteiger partial charge in [-0.15, -0.1) is 0 Å². The first kappa shape index (κ1) is 25.6. The molecule has 5 nitrogen and oxygen atoms in total. The second-order valence-corrected chi connectivity index (χ2v) is 11.5. The number of nitrogens with one attached hydrogen (secondary N) is 1. The average Bonchev–Trinajstić information content (AvgIpc) is 2.93. The zero-order chi connectivity index (χ0) is 25.6. The van der Waals surface area contributed by atoms with Gasteiger partial charge in [0.05, 0.1) is 12.5 Å². The molecule has 0 fully saturated rings. The summed E-state index contributed by atoms with van der Waals surface area (Å²) < 4.78 is 15.0. The maximum absolute atomic E-state index is 15.0. The third-order valence-electron chi connectivity index (χ3n) is 6.35. The van der Waals surface area contributed by atoms with Gasteiger partial charge in [0.1, 0.15) is 5.60 Å². The van der Waals surface area contributed by atoms with Crippen LogP contribution in [-0.4, -0.2) is 30.0 Å². The van der Waals surface area contributed by atoms with Crippen molar-refractivity contribution in [3.63, 3.8) is 0 Å². The lowest BCUT2D eigenvalue weighted by molar-refractivity contribution is -0.135. The monoisotopic (exact) mass is 498 g/mol. The van der Waals surface area contributed by atoms with E-state index in [1.165, 1.54) is 4.90 Å². The van der Waals surface area contributed by atoms with E-state index in [-0.39, 0.29) is 12.3 Å². The molecular weight excluding hydrogens is 467 g/mol. The number of nitrogens with zero attached hydrogens (tertiary/aromatic N) is 1. The molecule has 4 rings (SSSR count). The van der Waals surface area contributed by atoms with E-state index in [0.717, 1.165) is 5.56 Å². The quantitative estimate of drug-likeness (QED) is 0.331. The van der Waals surface area contributed by atoms with E-state index in [0.29, 0.717) is 16.2 Å². The fourth-order valence-corrected chi connectivity index (χ4v) is 6.85. The second kappa shape index (κ2) is 11.0. The number of benzene rings is 4. The molecule has 0 radical (unpaired) electrons. The Labute approximate surface area is 212 Å². The number of carbonyl (C=O) groups is 1. The Kier molecular flexibility index (Phi) is 7.85. The SMILES string of the molecule is CN(C)C(=O)C[C@@](O)(c1ccccc1)[C@@H](NP(=O)(c1ccccc1)c1ccccc1)c1ccccc1. The van der Waals surface area contributed by atoms with Crippen LogP contribution in [0.2, 0.25) is 0 Å². The van der Waals surface area contributed by atoms with Crippen LogP contribution in [0.1, 0.15) is 23.6 Å². The molecule has 0 aromatic heterocycles. The Balaban J connectivity index is 1.94. The molecule has 0 aliphatic carbocycles. The molecule has 2 atom stereocenters. The highest BCUT2D eigenvalue weighted by molar-refractivity contribution is 7.76. The van der Waals surface area contributed by atoms with Gasteiger partial charge in [0.25, 0.3) is 0 Å². The highest BCUT2D eigenvalue weighted by Gasteiger charge is 2.45. The van der Waals surface area contributed by atoms with Crippen LogP contribution in [0, 0.1) is 0 Å². The normalized spacial score (nSPS) is 14.0. The largest absolute Gasteiger partial charge is 0.383 e. The van der Waals surface area contributed by atoms with Crippen molar-refractivity contribution in [2.24, 2.45) is 0 Å². The molecule has 0 aliphatic heterocycles. The summed E-state index contributed by atoms with van der Waals surface area (Å²) in [5.74, 6) is -0.238. The number of carbonyl (C=O) groups excluding carboxylic acids is 1. The van der Waals surface area contributed by atoms with Gasteiger partial charge in [-0.2, -0.15) is 0 Å². The number of aliphatic hydroxyl groups is 1. The maximum Gasteiger partial charge on any atom is 0.225 e. The first-order valence-electron chi connectivity index (χ1n) is 11.9. The highest BCUT2D eigenvalue weighted by Crippen LogP contribution is 2.48. The highest BCUT2D eigenvalue weighted by atomic mass is 31.2. The van der Waals surface area contributed by atoms with Gasteiger partial charge in [0, 0.05) is 24.7 Å². The van der Waals surface area contributed by atoms with Crippen molar-refractivity contribution in [1.29, 1.82) is 0 Å². The molecule has 0 saturated heterocycles. The van der Waals surface area contributed by atoms with E-state index < -0.39 is 18.9 Å². The minimum atomic E-state index is -3.46. The number of rotatable bonds is 9. The lowest BCUT2D eigenvalue weighted by Gasteiger charge is -2.40. The van der Waals surface area contributed by atoms with Crippen molar-refractivity contribution in [2.45, 2.75) is 18.1 Å². The Morgan fingerprint density at radius 1 is 0.778 bits per heavy atom. The van der Waals surface area contributed by atoms with Crippen molar-refractivity contribution in [3.05, 3.63) is 132 Å². The summed E-state index contributed by atoms with van der Waals surface area (Å²) in [5, 5.41) is 17.1. The molecule has 4 aromatic rings. The molecule has 0 heterocycles. The summed E-state index contributed by atoms with van der Waals surface area (Å²) >= 11 is 0. The van der Waals surface area contributed by atoms with Crippen molar-refractivity contribution >= 4 is 23.8 Å². The van der Waals surface area contributed by atoms with E-state index >= 15 is 0 Å². The van der Waals surface area contributed by atoms with E-state index in [1.807, 2.05) is 109 Å². The fraction of sp³-hybridized carbons (Fsp3) is 0.167. The molecule has 36 heavy (non-hydrogen) atoms. The first-order valence-corrected chi connectivity index (χ1v) is 13.6. The van der Waals surface area contributed by atoms with Gasteiger partial charge >= 0.3 is 0 Å². The Hall–Kier alpha value is -3.50. The lowest BCUT2D eigenvalue weighted by atomic mass is 9.80. The van der Waals surface area contributed by atoms with Crippen molar-refractivity contribution in [3.8, 4) is 0 Å². The van der Waals surface area contributed by atoms with Crippen molar-refractivity contribution in [2.75, 3.05) is 14.1 Å². The third kappa shape index (κ3) is 5.34. The maximum atomic E-state index is 15.0. The van der Waals surface area contributed by atoms with Gasteiger partial charge < -0.3 is 10.0 Å². The Morgan fingerprint density at radius 3 is 1.64 bits per heavy atom. The predicted molar refractivity (Wildman–Crippen MR) is 146 cm³/mol. The number of amides is 1. The first-order chi connectivity index (χ1) is 17.3. The number of hydrogen-bond donors (Lipinski definition) is 2. The topological polar surface area (TPSA) is 69.6 Å². The van der Waals surface area contributed by atoms with E-state index in [1.54, 1.807) is 26.2 Å². The van der Waals surface area contributed by atoms with Crippen LogP contribution < -0.4 is 15.7 Å². The summed E-state index contributed by atoms with van der Waals surface area (Å²) in [6.45, 7) is 0. The van der Waals surface area contributed by atoms with Crippen LogP contribution in [0.5, 0.6) is 0 Å². The van der Waals surface area contributed by atoms with E-state index in [9.17, 15) is 14.5 Å². The molecular formula is C30H31N2O3P. The van der Waals surface area contributed by atoms with Crippen molar-refractivity contribution in [1.82, 2.24) is 9.99 Å². The van der Waals surface area contributed by atoms with Crippen LogP contribution in [0.4, 0.5) is 0 Å². The molecule has 6 heteroatoms. The molecule has 1 amide bonds. The molecule has 184 valence electrons. The van der Waals surface area contributed by atoms with Gasteiger partial charge in [-0.1, -0.05) is 97.1 Å². The Bertz CT molecular complexity index is 1270. The van der Waals surface area contributed by atoms with Gasteiger partial charge in [0.15, 0.2) is 0 Å². The summed E-state index contributed by atoms with van der Waals surface area (Å²) in [6.07, 6.45) is -0.194. The minimum absolute atomic E-state index is 0.194. The summed E-state index contributed by atoms with van der Waals surface area (Å²) in [5.41, 5.74) is -0.403. The molecule has 4 aromatic carbocycles. The van der Waals surface area contributed by atoms with Crippen molar-refractivity contribution < 1.29 is 14.5 Å². The van der Waals surface area contributed by atoms with Gasteiger partial charge in [-0.3, -0.25) is 9.36 Å².